The molecule has 1 saturated heterocycles. The van der Waals surface area contributed by atoms with Crippen molar-refractivity contribution in [2.75, 3.05) is 38.1 Å². The molecule has 0 aromatic heterocycles. The molecule has 6 heteroatoms. The molecule has 2 aromatic carbocycles. The SMILES string of the molecule is CNC(=S)c1ccc(N2CCCN(C(=O)OCc3ccccc3)CC2)cc1. The molecule has 1 aliphatic heterocycles. The molecule has 1 fully saturated rings. The van der Waals surface area contributed by atoms with Crippen molar-refractivity contribution >= 4 is 29.0 Å². The summed E-state index contributed by atoms with van der Waals surface area (Å²) in [5.74, 6) is 0. The zero-order valence-electron chi connectivity index (χ0n) is 15.6. The summed E-state index contributed by atoms with van der Waals surface area (Å²) in [5, 5.41) is 2.99. The predicted molar refractivity (Wildman–Crippen MR) is 112 cm³/mol. The third-order valence-corrected chi connectivity index (χ3v) is 5.12. The number of nitrogens with one attached hydrogen (secondary N) is 1. The molecule has 0 unspecified atom stereocenters. The fourth-order valence-electron chi connectivity index (χ4n) is 3.14. The number of nitrogens with zero attached hydrogens (tertiary/aromatic N) is 2. The van der Waals surface area contributed by atoms with Crippen molar-refractivity contribution < 1.29 is 9.53 Å². The molecule has 5 nitrogen and oxygen atoms in total. The van der Waals surface area contributed by atoms with Gasteiger partial charge in [0.1, 0.15) is 11.6 Å². The van der Waals surface area contributed by atoms with Gasteiger partial charge in [-0.3, -0.25) is 0 Å². The van der Waals surface area contributed by atoms with Gasteiger partial charge in [0.25, 0.3) is 0 Å². The first kappa shape index (κ1) is 19.2. The van der Waals surface area contributed by atoms with Crippen LogP contribution in [0.15, 0.2) is 54.6 Å². The van der Waals surface area contributed by atoms with Gasteiger partial charge in [-0.1, -0.05) is 42.5 Å². The van der Waals surface area contributed by atoms with Crippen molar-refractivity contribution in [3.8, 4) is 0 Å². The van der Waals surface area contributed by atoms with Crippen LogP contribution in [0, 0.1) is 0 Å². The van der Waals surface area contributed by atoms with Gasteiger partial charge in [0.2, 0.25) is 0 Å². The molecular formula is C21H25N3O2S. The lowest BCUT2D eigenvalue weighted by molar-refractivity contribution is 0.0986. The molecule has 142 valence electrons. The van der Waals surface area contributed by atoms with E-state index in [-0.39, 0.29) is 6.09 Å². The summed E-state index contributed by atoms with van der Waals surface area (Å²) in [6.07, 6.45) is 0.673. The van der Waals surface area contributed by atoms with Crippen molar-refractivity contribution in [2.45, 2.75) is 13.0 Å². The van der Waals surface area contributed by atoms with E-state index in [2.05, 4.69) is 22.3 Å². The van der Waals surface area contributed by atoms with Crippen LogP contribution >= 0.6 is 12.2 Å². The fraction of sp³-hybridized carbons (Fsp3) is 0.333. The predicted octanol–water partition coefficient (Wildman–Crippen LogP) is 3.43. The third kappa shape index (κ3) is 5.20. The van der Waals surface area contributed by atoms with E-state index >= 15 is 0 Å². The number of anilines is 1. The summed E-state index contributed by atoms with van der Waals surface area (Å²) in [6, 6.07) is 18.0. The quantitative estimate of drug-likeness (QED) is 0.820. The lowest BCUT2D eigenvalue weighted by Crippen LogP contribution is -2.35. The largest absolute Gasteiger partial charge is 0.445 e. The number of hydrogen-bond donors (Lipinski definition) is 1. The average molecular weight is 384 g/mol. The summed E-state index contributed by atoms with van der Waals surface area (Å²) >= 11 is 5.26. The van der Waals surface area contributed by atoms with Gasteiger partial charge in [-0.05, 0) is 36.2 Å². The minimum Gasteiger partial charge on any atom is -0.445 e. The summed E-state index contributed by atoms with van der Waals surface area (Å²) in [7, 11) is 1.83. The standard InChI is InChI=1S/C21H25N3O2S/c1-22-20(27)18-8-10-19(11-9-18)23-12-5-13-24(15-14-23)21(25)26-16-17-6-3-2-4-7-17/h2-4,6-11H,5,12-16H2,1H3,(H,22,27). The van der Waals surface area contributed by atoms with Gasteiger partial charge in [0.05, 0.1) is 0 Å². The molecule has 2 aromatic rings. The van der Waals surface area contributed by atoms with Crippen LogP contribution in [-0.4, -0.2) is 49.2 Å². The third-order valence-electron chi connectivity index (χ3n) is 4.68. The summed E-state index contributed by atoms with van der Waals surface area (Å²) in [4.78, 5) is 17.2. The molecule has 27 heavy (non-hydrogen) atoms. The Kier molecular flexibility index (Phi) is 6.65. The molecule has 0 bridgehead atoms. The number of carbonyl (C=O) groups is 1. The van der Waals surface area contributed by atoms with E-state index in [1.54, 1.807) is 4.90 Å². The van der Waals surface area contributed by atoms with Gasteiger partial charge < -0.3 is 19.9 Å². The van der Waals surface area contributed by atoms with E-state index in [1.807, 2.05) is 49.5 Å². The first-order valence-corrected chi connectivity index (χ1v) is 9.61. The van der Waals surface area contributed by atoms with Gasteiger partial charge in [0, 0.05) is 44.5 Å². The maximum Gasteiger partial charge on any atom is 0.410 e. The molecule has 0 radical (unpaired) electrons. The van der Waals surface area contributed by atoms with Gasteiger partial charge in [-0.25, -0.2) is 4.79 Å². The number of amides is 1. The van der Waals surface area contributed by atoms with Gasteiger partial charge in [0.15, 0.2) is 0 Å². The molecule has 0 atom stereocenters. The minimum atomic E-state index is -0.240. The zero-order chi connectivity index (χ0) is 19.1. The molecule has 1 N–H and O–H groups in total. The maximum absolute atomic E-state index is 12.4. The van der Waals surface area contributed by atoms with Crippen molar-refractivity contribution in [1.82, 2.24) is 10.2 Å². The molecule has 0 saturated carbocycles. The highest BCUT2D eigenvalue weighted by atomic mass is 32.1. The van der Waals surface area contributed by atoms with E-state index in [4.69, 9.17) is 17.0 Å². The second-order valence-corrected chi connectivity index (χ2v) is 6.90. The van der Waals surface area contributed by atoms with E-state index in [0.717, 1.165) is 41.3 Å². The normalized spacial score (nSPS) is 14.4. The van der Waals surface area contributed by atoms with Crippen LogP contribution in [0.1, 0.15) is 17.5 Å². The van der Waals surface area contributed by atoms with Crippen LogP contribution in [0.25, 0.3) is 0 Å². The van der Waals surface area contributed by atoms with Gasteiger partial charge >= 0.3 is 6.09 Å². The topological polar surface area (TPSA) is 44.8 Å². The summed E-state index contributed by atoms with van der Waals surface area (Å²) in [5.41, 5.74) is 3.16. The van der Waals surface area contributed by atoms with Crippen molar-refractivity contribution in [3.05, 3.63) is 65.7 Å². The van der Waals surface area contributed by atoms with Crippen LogP contribution in [0.3, 0.4) is 0 Å². The molecule has 1 aliphatic rings. The molecule has 0 spiro atoms. The fourth-order valence-corrected chi connectivity index (χ4v) is 3.27. The first-order valence-electron chi connectivity index (χ1n) is 9.20. The van der Waals surface area contributed by atoms with Crippen LogP contribution in [0.5, 0.6) is 0 Å². The summed E-state index contributed by atoms with van der Waals surface area (Å²) < 4.78 is 5.47. The molecule has 1 heterocycles. The van der Waals surface area contributed by atoms with E-state index in [0.29, 0.717) is 19.7 Å². The Balaban J connectivity index is 1.53. The Hall–Kier alpha value is -2.60. The Bertz CT molecular complexity index is 765. The number of carbonyl (C=O) groups excluding carboxylic acids is 1. The lowest BCUT2D eigenvalue weighted by Gasteiger charge is -2.23. The number of hydrogen-bond acceptors (Lipinski definition) is 4. The second kappa shape index (κ2) is 9.37. The lowest BCUT2D eigenvalue weighted by atomic mass is 10.2. The van der Waals surface area contributed by atoms with Crippen LogP contribution in [0.4, 0.5) is 10.5 Å². The van der Waals surface area contributed by atoms with Crippen LogP contribution in [-0.2, 0) is 11.3 Å². The minimum absolute atomic E-state index is 0.240. The molecule has 3 rings (SSSR count). The first-order chi connectivity index (χ1) is 13.2. The molecule has 1 amide bonds. The summed E-state index contributed by atoms with van der Waals surface area (Å²) in [6.45, 7) is 3.39. The Morgan fingerprint density at radius 2 is 1.78 bits per heavy atom. The Labute approximate surface area is 165 Å². The molecule has 0 aliphatic carbocycles. The smallest absolute Gasteiger partial charge is 0.410 e. The highest BCUT2D eigenvalue weighted by Gasteiger charge is 2.20. The maximum atomic E-state index is 12.4. The molecular weight excluding hydrogens is 358 g/mol. The van der Waals surface area contributed by atoms with Crippen molar-refractivity contribution in [3.63, 3.8) is 0 Å². The van der Waals surface area contributed by atoms with E-state index < -0.39 is 0 Å². The van der Waals surface area contributed by atoms with E-state index in [1.165, 1.54) is 0 Å². The average Bonchev–Trinajstić information content (AvgIpc) is 2.98. The van der Waals surface area contributed by atoms with Crippen molar-refractivity contribution in [1.29, 1.82) is 0 Å². The number of ether oxygens (including phenoxy) is 1. The highest BCUT2D eigenvalue weighted by Crippen LogP contribution is 2.18. The van der Waals surface area contributed by atoms with Crippen LogP contribution in [0.2, 0.25) is 0 Å². The van der Waals surface area contributed by atoms with E-state index in [9.17, 15) is 4.79 Å². The second-order valence-electron chi connectivity index (χ2n) is 6.49. The number of benzene rings is 2. The van der Waals surface area contributed by atoms with Crippen molar-refractivity contribution in [2.24, 2.45) is 0 Å². The van der Waals surface area contributed by atoms with Gasteiger partial charge in [-0.15, -0.1) is 0 Å². The zero-order valence-corrected chi connectivity index (χ0v) is 16.4. The Morgan fingerprint density at radius 1 is 1.04 bits per heavy atom. The number of thiocarbonyl (C=S) groups is 1. The number of rotatable bonds is 4. The highest BCUT2D eigenvalue weighted by molar-refractivity contribution is 7.80. The van der Waals surface area contributed by atoms with Crippen LogP contribution < -0.4 is 10.2 Å². The monoisotopic (exact) mass is 383 g/mol. The Morgan fingerprint density at radius 3 is 2.48 bits per heavy atom. The van der Waals surface area contributed by atoms with Gasteiger partial charge in [-0.2, -0.15) is 0 Å².